The Hall–Kier alpha value is -2.63. The van der Waals surface area contributed by atoms with Gasteiger partial charge in [0, 0.05) is 37.5 Å². The van der Waals surface area contributed by atoms with Crippen LogP contribution in [0.25, 0.3) is 0 Å². The second kappa shape index (κ2) is 15.8. The summed E-state index contributed by atoms with van der Waals surface area (Å²) in [6, 6.07) is 8.78. The first-order valence-electron chi connectivity index (χ1n) is 15.5. The normalized spacial score (nSPS) is 21.7. The highest BCUT2D eigenvalue weighted by atomic mass is 16.2. The maximum Gasteiger partial charge on any atom is 0.270 e. The molecule has 0 bridgehead atoms. The number of nitrogens with two attached hydrogens (primary N) is 1. The minimum absolute atomic E-state index is 0.0539. The van der Waals surface area contributed by atoms with Crippen molar-refractivity contribution >= 4 is 17.5 Å². The van der Waals surface area contributed by atoms with Gasteiger partial charge in [0.15, 0.2) is 0 Å². The van der Waals surface area contributed by atoms with Crippen molar-refractivity contribution in [3.05, 3.63) is 46.7 Å². The molecule has 2 atom stereocenters. The van der Waals surface area contributed by atoms with E-state index in [1.165, 1.54) is 19.3 Å². The molecular weight excluding hydrogens is 484 g/mol. The summed E-state index contributed by atoms with van der Waals surface area (Å²) in [5.41, 5.74) is 11.5. The Morgan fingerprint density at radius 3 is 2.49 bits per heavy atom. The lowest BCUT2D eigenvalue weighted by molar-refractivity contribution is -0.130. The van der Waals surface area contributed by atoms with E-state index in [1.807, 2.05) is 9.80 Å². The highest BCUT2D eigenvalue weighted by molar-refractivity contribution is 6.09. The predicted molar refractivity (Wildman–Crippen MR) is 162 cm³/mol. The second-order valence-corrected chi connectivity index (χ2v) is 11.7. The van der Waals surface area contributed by atoms with Gasteiger partial charge in [0.1, 0.15) is 12.2 Å². The van der Waals surface area contributed by atoms with Crippen LogP contribution in [0, 0.1) is 5.92 Å². The number of nitrogens with zero attached hydrogens (tertiary/aromatic N) is 3. The first-order valence-corrected chi connectivity index (χ1v) is 15.5. The molecule has 6 nitrogen and oxygen atoms in total. The number of aryl methyl sites for hydroxylation is 1. The van der Waals surface area contributed by atoms with Crippen molar-refractivity contribution in [3.63, 3.8) is 0 Å². The maximum absolute atomic E-state index is 12.8. The molecule has 1 saturated carbocycles. The number of hydrogen-bond donors (Lipinski definition) is 1. The van der Waals surface area contributed by atoms with Crippen molar-refractivity contribution in [1.82, 2.24) is 9.80 Å². The fraction of sp³-hybridized carbons (Fsp3) is 0.667. The molecule has 4 rings (SSSR count). The Balaban J connectivity index is 0.000000346. The van der Waals surface area contributed by atoms with E-state index in [1.54, 1.807) is 11.1 Å². The minimum Gasteiger partial charge on any atom is -0.394 e. The molecule has 2 amide bonds. The molecule has 2 unspecified atom stereocenters. The van der Waals surface area contributed by atoms with Crippen molar-refractivity contribution in [2.45, 2.75) is 104 Å². The Kier molecular flexibility index (Phi) is 12.5. The summed E-state index contributed by atoms with van der Waals surface area (Å²) in [6.45, 7) is 12.1. The lowest BCUT2D eigenvalue weighted by Gasteiger charge is -2.27. The van der Waals surface area contributed by atoms with Crippen LogP contribution in [-0.4, -0.2) is 60.0 Å². The molecule has 216 valence electrons. The zero-order chi connectivity index (χ0) is 28.2. The summed E-state index contributed by atoms with van der Waals surface area (Å²) < 4.78 is 0. The number of likely N-dealkylation sites (tertiary alicyclic amines) is 1. The lowest BCUT2D eigenvalue weighted by Crippen LogP contribution is -2.39. The molecule has 0 aromatic heterocycles. The van der Waals surface area contributed by atoms with Crippen molar-refractivity contribution < 1.29 is 9.59 Å². The van der Waals surface area contributed by atoms with Gasteiger partial charge in [0.2, 0.25) is 5.91 Å². The number of carbonyl (C=O) groups is 2. The molecule has 0 spiro atoms. The van der Waals surface area contributed by atoms with Gasteiger partial charge in [-0.05, 0) is 87.2 Å². The van der Waals surface area contributed by atoms with Crippen LogP contribution in [0.3, 0.4) is 0 Å². The van der Waals surface area contributed by atoms with E-state index in [4.69, 9.17) is 5.73 Å². The van der Waals surface area contributed by atoms with Crippen molar-refractivity contribution in [2.75, 3.05) is 32.7 Å². The number of carbonyl (C=O) groups excluding carboxylic acids is 2. The van der Waals surface area contributed by atoms with Crippen LogP contribution >= 0.6 is 0 Å². The van der Waals surface area contributed by atoms with Gasteiger partial charge in [-0.15, -0.1) is 0 Å². The number of rotatable bonds is 9. The van der Waals surface area contributed by atoms with Crippen LogP contribution in [-0.2, 0) is 16.0 Å². The summed E-state index contributed by atoms with van der Waals surface area (Å²) in [7, 11) is 0. The number of piperidine rings is 1. The molecule has 39 heavy (non-hydrogen) atoms. The summed E-state index contributed by atoms with van der Waals surface area (Å²) in [5.74, 6) is 1.45. The average Bonchev–Trinajstić information content (AvgIpc) is 3.60. The van der Waals surface area contributed by atoms with Crippen LogP contribution in [0.5, 0.6) is 0 Å². The average molecular weight is 537 g/mol. The molecule has 1 aromatic carbocycles. The first kappa shape index (κ1) is 30.9. The number of aliphatic imine (C=N–C) groups is 1. The van der Waals surface area contributed by atoms with Crippen LogP contribution in [0.4, 0.5) is 0 Å². The van der Waals surface area contributed by atoms with Crippen LogP contribution in [0.2, 0.25) is 0 Å². The largest absolute Gasteiger partial charge is 0.394 e. The SMILES string of the molecule is CC1CCc2ccccc21.CCCN(CCC(C)CC)C(=O)CN=C1CCC/C1=C(/N)C(=O)N1CCCCC1. The molecule has 2 N–H and O–H groups in total. The third-order valence-electron chi connectivity index (χ3n) is 8.66. The number of hydrogen-bond acceptors (Lipinski definition) is 4. The fourth-order valence-corrected chi connectivity index (χ4v) is 5.83. The van der Waals surface area contributed by atoms with Gasteiger partial charge in [0.25, 0.3) is 5.91 Å². The standard InChI is InChI=1S/C23H40N4O2.C10H12/c1-4-13-26(16-12-18(3)5-2)21(28)17-25-20-11-9-10-19(20)22(24)23(29)27-14-7-6-8-15-27;1-8-6-7-9-4-2-3-5-10(8)9/h18H,4-17,24H2,1-3H3;2-5,8H,6-7H2,1H3/b22-19-,25-20?;. The first-order chi connectivity index (χ1) is 18.8. The molecule has 0 radical (unpaired) electrons. The number of amides is 2. The topological polar surface area (TPSA) is 79.0 Å². The second-order valence-electron chi connectivity index (χ2n) is 11.7. The van der Waals surface area contributed by atoms with Crippen LogP contribution < -0.4 is 5.73 Å². The van der Waals surface area contributed by atoms with E-state index >= 15 is 0 Å². The van der Waals surface area contributed by atoms with E-state index in [-0.39, 0.29) is 18.4 Å². The molecule has 2 aliphatic carbocycles. The molecule has 1 heterocycles. The summed E-state index contributed by atoms with van der Waals surface area (Å²) in [4.78, 5) is 33.9. The minimum atomic E-state index is -0.0539. The van der Waals surface area contributed by atoms with Crippen molar-refractivity contribution in [3.8, 4) is 0 Å². The zero-order valence-electron chi connectivity index (χ0n) is 25.0. The van der Waals surface area contributed by atoms with E-state index in [0.717, 1.165) is 94.7 Å². The number of fused-ring (bicyclic) bond motifs is 1. The monoisotopic (exact) mass is 536 g/mol. The van der Waals surface area contributed by atoms with Gasteiger partial charge in [-0.3, -0.25) is 14.6 Å². The van der Waals surface area contributed by atoms with E-state index < -0.39 is 0 Å². The molecule has 6 heteroatoms. The lowest BCUT2D eigenvalue weighted by atomic mass is 10.0. The molecule has 1 aliphatic heterocycles. The summed E-state index contributed by atoms with van der Waals surface area (Å²) in [6.07, 6.45) is 11.6. The quantitative estimate of drug-likeness (QED) is 0.379. The summed E-state index contributed by atoms with van der Waals surface area (Å²) >= 11 is 0. The number of benzene rings is 1. The smallest absolute Gasteiger partial charge is 0.270 e. The molecule has 1 saturated heterocycles. The van der Waals surface area contributed by atoms with Gasteiger partial charge in [-0.2, -0.15) is 0 Å². The molecule has 3 aliphatic rings. The highest BCUT2D eigenvalue weighted by Gasteiger charge is 2.26. The van der Waals surface area contributed by atoms with Crippen molar-refractivity contribution in [1.29, 1.82) is 0 Å². The van der Waals surface area contributed by atoms with Gasteiger partial charge in [-0.1, -0.05) is 58.4 Å². The third kappa shape index (κ3) is 8.94. The van der Waals surface area contributed by atoms with E-state index in [2.05, 4.69) is 57.0 Å². The van der Waals surface area contributed by atoms with Crippen LogP contribution in [0.15, 0.2) is 40.5 Å². The Morgan fingerprint density at radius 1 is 1.05 bits per heavy atom. The van der Waals surface area contributed by atoms with Gasteiger partial charge < -0.3 is 15.5 Å². The zero-order valence-corrected chi connectivity index (χ0v) is 25.0. The van der Waals surface area contributed by atoms with Gasteiger partial charge in [-0.25, -0.2) is 0 Å². The molecular formula is C33H52N4O2. The van der Waals surface area contributed by atoms with Crippen molar-refractivity contribution in [2.24, 2.45) is 16.6 Å². The van der Waals surface area contributed by atoms with Gasteiger partial charge in [0.05, 0.1) is 0 Å². The fourth-order valence-electron chi connectivity index (χ4n) is 5.83. The maximum atomic E-state index is 12.8. The Bertz CT molecular complexity index is 1010. The molecule has 2 fully saturated rings. The Labute approximate surface area is 237 Å². The van der Waals surface area contributed by atoms with Gasteiger partial charge >= 0.3 is 0 Å². The number of allylic oxidation sites excluding steroid dienone is 1. The Morgan fingerprint density at radius 2 is 1.79 bits per heavy atom. The van der Waals surface area contributed by atoms with Crippen LogP contribution in [0.1, 0.15) is 109 Å². The van der Waals surface area contributed by atoms with E-state index in [0.29, 0.717) is 11.6 Å². The predicted octanol–water partition coefficient (Wildman–Crippen LogP) is 6.25. The molecule has 1 aromatic rings. The van der Waals surface area contributed by atoms with E-state index in [9.17, 15) is 9.59 Å². The highest BCUT2D eigenvalue weighted by Crippen LogP contribution is 2.31. The third-order valence-corrected chi connectivity index (χ3v) is 8.66. The summed E-state index contributed by atoms with van der Waals surface area (Å²) in [5, 5.41) is 0.